The minimum absolute atomic E-state index is 0.0221. The Balaban J connectivity index is 1.63. The maximum atomic E-state index is 13.5. The number of rotatable bonds is 15. The number of hydrogen-bond acceptors (Lipinski definition) is 5. The number of carbonyl (C=O) groups is 2. The van der Waals surface area contributed by atoms with Gasteiger partial charge in [0.05, 0.1) is 31.0 Å². The first kappa shape index (κ1) is 34.0. The molecule has 0 saturated heterocycles. The molecule has 0 aliphatic carbocycles. The number of ether oxygens (including phenoxy) is 3. The van der Waals surface area contributed by atoms with Crippen molar-refractivity contribution in [2.45, 2.75) is 32.2 Å². The number of carboxylic acids is 1. The predicted molar refractivity (Wildman–Crippen MR) is 157 cm³/mol. The summed E-state index contributed by atoms with van der Waals surface area (Å²) in [6.45, 7) is 2.30. The highest BCUT2D eigenvalue weighted by Crippen LogP contribution is 2.34. The zero-order chi connectivity index (χ0) is 31.4. The van der Waals surface area contributed by atoms with Crippen LogP contribution in [0.1, 0.15) is 23.6 Å². The molecule has 0 fully saturated rings. The van der Waals surface area contributed by atoms with Crippen LogP contribution in [0.4, 0.5) is 23.7 Å². The molecule has 3 aromatic rings. The molecule has 2 amide bonds. The standard InChI is InChI=1S/C30H31Cl2F3N2O6/c1-2-42-27(28(38)39)17-20-7-9-24(10-8-20)43-14-12-37(11-13-41-19-21-15-22(31)18-23(32)16-21)29(40)36-26-6-4-3-5-25(26)30(33,34)35/h3-10,15-16,18,27H,2,11-14,17,19H2,1H3,(H,36,40)(H,38,39). The van der Waals surface area contributed by atoms with Gasteiger partial charge in [0.2, 0.25) is 0 Å². The fourth-order valence-electron chi connectivity index (χ4n) is 4.04. The van der Waals surface area contributed by atoms with E-state index in [0.717, 1.165) is 17.2 Å². The van der Waals surface area contributed by atoms with Gasteiger partial charge < -0.3 is 29.5 Å². The van der Waals surface area contributed by atoms with E-state index in [2.05, 4.69) is 5.32 Å². The van der Waals surface area contributed by atoms with Crippen LogP contribution in [-0.4, -0.2) is 61.0 Å². The van der Waals surface area contributed by atoms with Gasteiger partial charge in [0, 0.05) is 29.6 Å². The minimum atomic E-state index is -4.65. The SMILES string of the molecule is CCOC(Cc1ccc(OCCN(CCOCc2cc(Cl)cc(Cl)c2)C(=O)Nc2ccccc2C(F)(F)F)cc1)C(=O)O. The summed E-state index contributed by atoms with van der Waals surface area (Å²) < 4.78 is 57.1. The number of anilines is 1. The molecule has 1 atom stereocenters. The van der Waals surface area contributed by atoms with E-state index in [9.17, 15) is 27.9 Å². The number of hydrogen-bond donors (Lipinski definition) is 2. The summed E-state index contributed by atoms with van der Waals surface area (Å²) in [5.41, 5.74) is 0.108. The summed E-state index contributed by atoms with van der Waals surface area (Å²) in [6.07, 6.45) is -5.44. The molecule has 3 rings (SSSR count). The lowest BCUT2D eigenvalue weighted by atomic mass is 10.1. The van der Waals surface area contributed by atoms with Gasteiger partial charge in [-0.25, -0.2) is 9.59 Å². The molecule has 0 radical (unpaired) electrons. The molecule has 2 N–H and O–H groups in total. The van der Waals surface area contributed by atoms with Crippen LogP contribution in [0.3, 0.4) is 0 Å². The van der Waals surface area contributed by atoms with Gasteiger partial charge in [0.1, 0.15) is 12.4 Å². The number of nitrogens with zero attached hydrogens (tertiary/aromatic N) is 1. The zero-order valence-corrected chi connectivity index (χ0v) is 24.7. The van der Waals surface area contributed by atoms with E-state index in [1.807, 2.05) is 0 Å². The van der Waals surface area contributed by atoms with Gasteiger partial charge in [0.25, 0.3) is 0 Å². The number of carboxylic acid groups (broad SMARTS) is 1. The fourth-order valence-corrected chi connectivity index (χ4v) is 4.61. The molecule has 0 spiro atoms. The molecule has 232 valence electrons. The van der Waals surface area contributed by atoms with Crippen molar-refractivity contribution in [3.63, 3.8) is 0 Å². The van der Waals surface area contributed by atoms with Crippen LogP contribution in [0.5, 0.6) is 5.75 Å². The van der Waals surface area contributed by atoms with Crippen molar-refractivity contribution in [1.29, 1.82) is 0 Å². The molecule has 1 unspecified atom stereocenters. The molecular weight excluding hydrogens is 612 g/mol. The second kappa shape index (κ2) is 16.4. The third-order valence-electron chi connectivity index (χ3n) is 6.08. The number of nitrogens with one attached hydrogen (secondary N) is 1. The largest absolute Gasteiger partial charge is 0.492 e. The van der Waals surface area contributed by atoms with Crippen LogP contribution in [0.15, 0.2) is 66.7 Å². The van der Waals surface area contributed by atoms with Crippen LogP contribution in [-0.2, 0) is 33.5 Å². The van der Waals surface area contributed by atoms with Crippen molar-refractivity contribution in [1.82, 2.24) is 4.90 Å². The van der Waals surface area contributed by atoms with Gasteiger partial charge in [-0.2, -0.15) is 13.2 Å². The third-order valence-corrected chi connectivity index (χ3v) is 6.51. The summed E-state index contributed by atoms with van der Waals surface area (Å²) in [5, 5.41) is 12.5. The van der Waals surface area contributed by atoms with E-state index in [4.69, 9.17) is 37.4 Å². The highest BCUT2D eigenvalue weighted by Gasteiger charge is 2.34. The lowest BCUT2D eigenvalue weighted by molar-refractivity contribution is -0.150. The quantitative estimate of drug-likeness (QED) is 0.171. The summed E-state index contributed by atoms with van der Waals surface area (Å²) in [5.74, 6) is -0.595. The maximum Gasteiger partial charge on any atom is 0.418 e. The molecule has 0 aromatic heterocycles. The van der Waals surface area contributed by atoms with Gasteiger partial charge in [-0.05, 0) is 60.5 Å². The molecular formula is C30H31Cl2F3N2O6. The molecule has 0 aliphatic rings. The van der Waals surface area contributed by atoms with Crippen LogP contribution >= 0.6 is 23.2 Å². The molecule has 0 aliphatic heterocycles. The Kier molecular flexibility index (Phi) is 12.9. The first-order chi connectivity index (χ1) is 20.5. The maximum absolute atomic E-state index is 13.5. The first-order valence-electron chi connectivity index (χ1n) is 13.3. The molecule has 0 heterocycles. The fraction of sp³-hybridized carbons (Fsp3) is 0.333. The molecule has 0 saturated carbocycles. The van der Waals surface area contributed by atoms with E-state index in [1.165, 1.54) is 23.1 Å². The number of para-hydroxylation sites is 1. The third kappa shape index (κ3) is 11.3. The second-order valence-electron chi connectivity index (χ2n) is 9.27. The average Bonchev–Trinajstić information content (AvgIpc) is 2.94. The van der Waals surface area contributed by atoms with E-state index < -0.39 is 29.8 Å². The van der Waals surface area contributed by atoms with E-state index in [1.54, 1.807) is 49.4 Å². The van der Waals surface area contributed by atoms with Gasteiger partial charge in [-0.1, -0.05) is 47.5 Å². The van der Waals surface area contributed by atoms with E-state index in [-0.39, 0.29) is 51.6 Å². The second-order valence-corrected chi connectivity index (χ2v) is 10.1. The lowest BCUT2D eigenvalue weighted by Crippen LogP contribution is -2.40. The van der Waals surface area contributed by atoms with Crippen molar-refractivity contribution in [2.24, 2.45) is 0 Å². The number of carbonyl (C=O) groups excluding carboxylic acids is 1. The molecule has 3 aromatic carbocycles. The van der Waals surface area contributed by atoms with Gasteiger partial charge in [-0.3, -0.25) is 0 Å². The van der Waals surface area contributed by atoms with Crippen LogP contribution < -0.4 is 10.1 Å². The zero-order valence-electron chi connectivity index (χ0n) is 23.2. The molecule has 43 heavy (non-hydrogen) atoms. The topological polar surface area (TPSA) is 97.3 Å². The Labute approximate surface area is 257 Å². The smallest absolute Gasteiger partial charge is 0.418 e. The normalized spacial score (nSPS) is 12.0. The lowest BCUT2D eigenvalue weighted by Gasteiger charge is -2.24. The van der Waals surface area contributed by atoms with Gasteiger partial charge >= 0.3 is 18.2 Å². The summed E-state index contributed by atoms with van der Waals surface area (Å²) in [4.78, 5) is 25.7. The Morgan fingerprint density at radius 3 is 2.23 bits per heavy atom. The number of urea groups is 1. The molecule has 0 bridgehead atoms. The average molecular weight is 643 g/mol. The number of benzene rings is 3. The highest BCUT2D eigenvalue weighted by atomic mass is 35.5. The van der Waals surface area contributed by atoms with Crippen LogP contribution in [0, 0.1) is 0 Å². The van der Waals surface area contributed by atoms with Gasteiger partial charge in [0.15, 0.2) is 6.10 Å². The number of amides is 2. The summed E-state index contributed by atoms with van der Waals surface area (Å²) in [7, 11) is 0. The van der Waals surface area contributed by atoms with Crippen LogP contribution in [0.25, 0.3) is 0 Å². The molecule has 8 nitrogen and oxygen atoms in total. The predicted octanol–water partition coefficient (Wildman–Crippen LogP) is 7.17. The van der Waals surface area contributed by atoms with Gasteiger partial charge in [-0.15, -0.1) is 0 Å². The monoisotopic (exact) mass is 642 g/mol. The Morgan fingerprint density at radius 1 is 0.953 bits per heavy atom. The van der Waals surface area contributed by atoms with Crippen molar-refractivity contribution in [3.05, 3.63) is 93.5 Å². The highest BCUT2D eigenvalue weighted by molar-refractivity contribution is 6.34. The Bertz CT molecular complexity index is 1340. The first-order valence-corrected chi connectivity index (χ1v) is 14.0. The van der Waals surface area contributed by atoms with Crippen molar-refractivity contribution in [2.75, 3.05) is 38.2 Å². The number of aliphatic carboxylic acids is 1. The van der Waals surface area contributed by atoms with Crippen molar-refractivity contribution >= 4 is 40.9 Å². The summed E-state index contributed by atoms with van der Waals surface area (Å²) >= 11 is 12.0. The van der Waals surface area contributed by atoms with E-state index >= 15 is 0 Å². The van der Waals surface area contributed by atoms with Crippen molar-refractivity contribution in [3.8, 4) is 5.75 Å². The van der Waals surface area contributed by atoms with E-state index in [0.29, 0.717) is 15.8 Å². The minimum Gasteiger partial charge on any atom is -0.492 e. The Morgan fingerprint density at radius 2 is 1.60 bits per heavy atom. The number of alkyl halides is 3. The Hall–Kier alpha value is -3.51. The van der Waals surface area contributed by atoms with Crippen molar-refractivity contribution < 1.29 is 42.1 Å². The number of halogens is 5. The molecule has 13 heteroatoms. The van der Waals surface area contributed by atoms with Crippen LogP contribution in [0.2, 0.25) is 10.0 Å². The summed E-state index contributed by atoms with van der Waals surface area (Å²) in [6, 6.07) is 15.6.